The molecule has 0 aromatic heterocycles. The van der Waals surface area contributed by atoms with Gasteiger partial charge in [-0.2, -0.15) is 0 Å². The number of hydrazine groups is 1. The Kier molecular flexibility index (Phi) is 4.67. The van der Waals surface area contributed by atoms with Gasteiger partial charge in [0.1, 0.15) is 11.9 Å². The number of amides is 1. The monoisotopic (exact) mass is 345 g/mol. The third-order valence-electron chi connectivity index (χ3n) is 4.84. The van der Waals surface area contributed by atoms with Crippen LogP contribution in [-0.4, -0.2) is 43.3 Å². The zero-order chi connectivity index (χ0) is 18.1. The van der Waals surface area contributed by atoms with Gasteiger partial charge in [0.2, 0.25) is 0 Å². The number of rotatable bonds is 4. The normalized spacial score (nSPS) is 25.5. The Balaban J connectivity index is 1.88. The van der Waals surface area contributed by atoms with E-state index in [4.69, 9.17) is 9.47 Å². The molecule has 25 heavy (non-hydrogen) atoms. The van der Waals surface area contributed by atoms with Gasteiger partial charge in [0.15, 0.2) is 0 Å². The van der Waals surface area contributed by atoms with Gasteiger partial charge in [-0.15, -0.1) is 0 Å². The number of nitrogens with zero attached hydrogens (tertiary/aromatic N) is 1. The maximum Gasteiger partial charge on any atom is 0.310 e. The molecule has 0 aliphatic carbocycles. The molecule has 2 heterocycles. The first kappa shape index (κ1) is 17.3. The molecule has 1 saturated heterocycles. The third kappa shape index (κ3) is 3.07. The predicted octanol–water partition coefficient (Wildman–Crippen LogP) is 1.28. The number of hydrogen-bond donors (Lipinski definition) is 2. The highest BCUT2D eigenvalue weighted by molar-refractivity contribution is 5.99. The van der Waals surface area contributed by atoms with E-state index in [1.54, 1.807) is 12.1 Å². The number of methoxy groups -OCH3 is 2. The highest BCUT2D eigenvalue weighted by Crippen LogP contribution is 2.35. The topological polar surface area (TPSA) is 79.9 Å². The lowest BCUT2D eigenvalue weighted by atomic mass is 9.90. The fraction of sp³-hybridized carbons (Fsp3) is 0.444. The largest absolute Gasteiger partial charge is 0.497 e. The predicted molar refractivity (Wildman–Crippen MR) is 91.4 cm³/mol. The standard InChI is InChI=1S/C18H23N3O4/c1-10-14(9-15(22)25-4)18(23)21-17(19-10)16(11(2)20-21)12-5-7-13(24-3)8-6-12/h5-8,11,16-17,19-20H,9H2,1-4H3. The summed E-state index contributed by atoms with van der Waals surface area (Å²) in [5.41, 5.74) is 5.48. The van der Waals surface area contributed by atoms with Crippen LogP contribution in [0.5, 0.6) is 5.75 Å². The molecule has 3 unspecified atom stereocenters. The lowest BCUT2D eigenvalue weighted by molar-refractivity contribution is -0.142. The highest BCUT2D eigenvalue weighted by Gasteiger charge is 2.46. The molecule has 3 atom stereocenters. The van der Waals surface area contributed by atoms with E-state index in [9.17, 15) is 9.59 Å². The van der Waals surface area contributed by atoms with Gasteiger partial charge in [0.25, 0.3) is 5.91 Å². The molecule has 1 aromatic rings. The van der Waals surface area contributed by atoms with E-state index in [0.717, 1.165) is 11.3 Å². The summed E-state index contributed by atoms with van der Waals surface area (Å²) in [5.74, 6) is 0.254. The zero-order valence-corrected chi connectivity index (χ0v) is 14.8. The summed E-state index contributed by atoms with van der Waals surface area (Å²) in [4.78, 5) is 24.4. The van der Waals surface area contributed by atoms with Crippen LogP contribution in [0.4, 0.5) is 0 Å². The van der Waals surface area contributed by atoms with Crippen LogP contribution >= 0.6 is 0 Å². The van der Waals surface area contributed by atoms with E-state index in [1.807, 2.05) is 38.1 Å². The zero-order valence-electron chi connectivity index (χ0n) is 14.8. The van der Waals surface area contributed by atoms with E-state index in [-0.39, 0.29) is 30.5 Å². The molecule has 2 aliphatic rings. The van der Waals surface area contributed by atoms with Crippen molar-refractivity contribution in [2.24, 2.45) is 0 Å². The molecular weight excluding hydrogens is 322 g/mol. The molecule has 1 aromatic carbocycles. The fourth-order valence-corrected chi connectivity index (χ4v) is 3.49. The molecule has 0 spiro atoms. The highest BCUT2D eigenvalue weighted by atomic mass is 16.5. The second-order valence-electron chi connectivity index (χ2n) is 6.34. The lowest BCUT2D eigenvalue weighted by Crippen LogP contribution is -2.54. The fourth-order valence-electron chi connectivity index (χ4n) is 3.49. The van der Waals surface area contributed by atoms with E-state index >= 15 is 0 Å². The van der Waals surface area contributed by atoms with Crippen LogP contribution in [0.25, 0.3) is 0 Å². The third-order valence-corrected chi connectivity index (χ3v) is 4.84. The summed E-state index contributed by atoms with van der Waals surface area (Å²) < 4.78 is 9.90. The van der Waals surface area contributed by atoms with Crippen molar-refractivity contribution in [1.29, 1.82) is 0 Å². The second-order valence-corrected chi connectivity index (χ2v) is 6.34. The Hall–Kier alpha value is -2.54. The summed E-state index contributed by atoms with van der Waals surface area (Å²) >= 11 is 0. The van der Waals surface area contributed by atoms with Crippen LogP contribution < -0.4 is 15.5 Å². The molecule has 3 rings (SSSR count). The lowest BCUT2D eigenvalue weighted by Gasteiger charge is -2.35. The van der Waals surface area contributed by atoms with Gasteiger partial charge in [0, 0.05) is 23.2 Å². The van der Waals surface area contributed by atoms with Crippen molar-refractivity contribution in [3.63, 3.8) is 0 Å². The molecule has 134 valence electrons. The molecule has 0 radical (unpaired) electrons. The van der Waals surface area contributed by atoms with Gasteiger partial charge in [-0.1, -0.05) is 12.1 Å². The second kappa shape index (κ2) is 6.76. The van der Waals surface area contributed by atoms with Crippen LogP contribution in [-0.2, 0) is 14.3 Å². The molecule has 0 saturated carbocycles. The summed E-state index contributed by atoms with van der Waals surface area (Å²) in [7, 11) is 2.95. The van der Waals surface area contributed by atoms with Gasteiger partial charge >= 0.3 is 5.97 Å². The van der Waals surface area contributed by atoms with Crippen LogP contribution in [0.3, 0.4) is 0 Å². The Bertz CT molecular complexity index is 714. The van der Waals surface area contributed by atoms with Crippen molar-refractivity contribution >= 4 is 11.9 Å². The number of benzene rings is 1. The number of allylic oxidation sites excluding steroid dienone is 1. The van der Waals surface area contributed by atoms with Gasteiger partial charge in [-0.3, -0.25) is 14.6 Å². The first-order valence-electron chi connectivity index (χ1n) is 8.23. The van der Waals surface area contributed by atoms with Crippen molar-refractivity contribution in [2.75, 3.05) is 14.2 Å². The van der Waals surface area contributed by atoms with Crippen molar-refractivity contribution in [1.82, 2.24) is 15.8 Å². The SMILES string of the molecule is COC(=O)CC1=C(C)NC2C(c3ccc(OC)cc3)C(C)NN2C1=O. The minimum atomic E-state index is -0.429. The molecular formula is C18H23N3O4. The minimum absolute atomic E-state index is 0.0410. The maximum absolute atomic E-state index is 12.8. The maximum atomic E-state index is 12.8. The smallest absolute Gasteiger partial charge is 0.310 e. The van der Waals surface area contributed by atoms with Gasteiger partial charge < -0.3 is 14.8 Å². The van der Waals surface area contributed by atoms with E-state index in [0.29, 0.717) is 11.3 Å². The van der Waals surface area contributed by atoms with Crippen LogP contribution in [0.15, 0.2) is 35.5 Å². The average Bonchev–Trinajstić information content (AvgIpc) is 2.94. The van der Waals surface area contributed by atoms with E-state index in [1.165, 1.54) is 7.11 Å². The van der Waals surface area contributed by atoms with Gasteiger partial charge in [0.05, 0.1) is 20.6 Å². The first-order chi connectivity index (χ1) is 12.0. The number of fused-ring (bicyclic) bond motifs is 1. The van der Waals surface area contributed by atoms with E-state index in [2.05, 4.69) is 10.7 Å². The molecule has 7 nitrogen and oxygen atoms in total. The Morgan fingerprint density at radius 1 is 1.24 bits per heavy atom. The number of ether oxygens (including phenoxy) is 2. The number of carbonyl (C=O) groups excluding carboxylic acids is 2. The van der Waals surface area contributed by atoms with Crippen LogP contribution in [0.1, 0.15) is 31.7 Å². The Labute approximate surface area is 146 Å². The Morgan fingerprint density at radius 2 is 1.92 bits per heavy atom. The minimum Gasteiger partial charge on any atom is -0.497 e. The molecule has 0 bridgehead atoms. The van der Waals surface area contributed by atoms with Crippen molar-refractivity contribution in [3.8, 4) is 5.75 Å². The Morgan fingerprint density at radius 3 is 2.52 bits per heavy atom. The summed E-state index contributed by atoms with van der Waals surface area (Å²) in [6.45, 7) is 3.86. The molecule has 1 amide bonds. The molecule has 7 heteroatoms. The first-order valence-corrected chi connectivity index (χ1v) is 8.23. The van der Waals surface area contributed by atoms with Gasteiger partial charge in [-0.25, -0.2) is 5.43 Å². The van der Waals surface area contributed by atoms with Crippen molar-refractivity contribution in [2.45, 2.75) is 38.4 Å². The number of esters is 1. The number of hydrogen-bond acceptors (Lipinski definition) is 6. The summed E-state index contributed by atoms with van der Waals surface area (Å²) in [6.07, 6.45) is -0.252. The van der Waals surface area contributed by atoms with Crippen molar-refractivity contribution < 1.29 is 19.1 Å². The molecule has 2 aliphatic heterocycles. The van der Waals surface area contributed by atoms with Crippen LogP contribution in [0, 0.1) is 0 Å². The summed E-state index contributed by atoms with van der Waals surface area (Å²) in [5, 5.41) is 4.97. The van der Waals surface area contributed by atoms with Crippen LogP contribution in [0.2, 0.25) is 0 Å². The summed E-state index contributed by atoms with van der Waals surface area (Å²) in [6, 6.07) is 7.92. The van der Waals surface area contributed by atoms with Crippen molar-refractivity contribution in [3.05, 3.63) is 41.1 Å². The molecule has 1 fully saturated rings. The number of nitrogens with one attached hydrogen (secondary N) is 2. The van der Waals surface area contributed by atoms with Gasteiger partial charge in [-0.05, 0) is 31.5 Å². The molecule has 2 N–H and O–H groups in total. The quantitative estimate of drug-likeness (QED) is 0.801. The number of carbonyl (C=O) groups is 2. The average molecular weight is 345 g/mol. The van der Waals surface area contributed by atoms with E-state index < -0.39 is 5.97 Å².